The zero-order valence-electron chi connectivity index (χ0n) is 17.3. The van der Waals surface area contributed by atoms with Crippen LogP contribution >= 0.6 is 10.0 Å². The lowest BCUT2D eigenvalue weighted by Crippen LogP contribution is -2.21. The zero-order valence-corrected chi connectivity index (χ0v) is 18.1. The maximum atomic E-state index is 13.6. The maximum Gasteiger partial charge on any atom is 0.194 e. The summed E-state index contributed by atoms with van der Waals surface area (Å²) in [5, 5.41) is 0. The van der Waals surface area contributed by atoms with Crippen LogP contribution in [0.5, 0.6) is 0 Å². The van der Waals surface area contributed by atoms with Crippen LogP contribution in [0, 0.1) is 0 Å². The van der Waals surface area contributed by atoms with Crippen LogP contribution in [0.3, 0.4) is 0 Å². The monoisotopic (exact) mass is 420 g/mol. The lowest BCUT2D eigenvalue weighted by molar-refractivity contribution is 0.0979. The van der Waals surface area contributed by atoms with Crippen molar-refractivity contribution in [2.75, 3.05) is 12.5 Å². The van der Waals surface area contributed by atoms with Crippen LogP contribution < -0.4 is 0 Å². The number of carbonyl (C=O) groups excluding carboxylic acids is 2. The highest BCUT2D eigenvalue weighted by molar-refractivity contribution is 8.33. The van der Waals surface area contributed by atoms with Gasteiger partial charge >= 0.3 is 0 Å². The lowest BCUT2D eigenvalue weighted by atomic mass is 9.81. The smallest absolute Gasteiger partial charge is 0.194 e. The van der Waals surface area contributed by atoms with Crippen molar-refractivity contribution in [2.24, 2.45) is 0 Å². The van der Waals surface area contributed by atoms with E-state index in [1.165, 1.54) is 15.4 Å². The Balaban J connectivity index is 1.55. The second kappa shape index (κ2) is 6.29. The average molecular weight is 421 g/mol. The molecule has 0 atom stereocenters. The van der Waals surface area contributed by atoms with E-state index >= 15 is 0 Å². The van der Waals surface area contributed by atoms with E-state index in [1.807, 2.05) is 60.7 Å². The van der Waals surface area contributed by atoms with Crippen molar-refractivity contribution in [3.63, 3.8) is 0 Å². The predicted molar refractivity (Wildman–Crippen MR) is 127 cm³/mol. The second-order valence-electron chi connectivity index (χ2n) is 8.50. The van der Waals surface area contributed by atoms with Crippen LogP contribution in [-0.4, -0.2) is 24.1 Å². The summed E-state index contributed by atoms with van der Waals surface area (Å²) in [6.07, 6.45) is 4.53. The van der Waals surface area contributed by atoms with Crippen molar-refractivity contribution >= 4 is 21.6 Å². The molecular weight excluding hydrogens is 400 g/mol. The normalized spacial score (nSPS) is 16.2. The number of hydrogen-bond donors (Lipinski definition) is 0. The molecule has 0 spiro atoms. The van der Waals surface area contributed by atoms with Crippen molar-refractivity contribution in [3.05, 3.63) is 107 Å². The van der Waals surface area contributed by atoms with E-state index in [9.17, 15) is 9.59 Å². The standard InChI is InChI=1S/C28H20O2S/c1-31(2)25-11-7-6-10-19(25)21-15-23-24(16-26(21)31)28(30)22-14-18(12-13-20(22)27(23)29)17-8-4-3-5-9-17/h3-16H,1-2H3. The first kappa shape index (κ1) is 18.3. The molecule has 0 aromatic heterocycles. The molecule has 1 aliphatic heterocycles. The van der Waals surface area contributed by atoms with E-state index in [0.717, 1.165) is 16.7 Å². The van der Waals surface area contributed by atoms with E-state index in [0.29, 0.717) is 22.3 Å². The molecule has 1 aliphatic carbocycles. The highest BCUT2D eigenvalue weighted by atomic mass is 32.3. The molecule has 2 nitrogen and oxygen atoms in total. The minimum atomic E-state index is -1.23. The summed E-state index contributed by atoms with van der Waals surface area (Å²) in [6, 6.07) is 27.9. The van der Waals surface area contributed by atoms with Gasteiger partial charge in [-0.05, 0) is 65.1 Å². The number of fused-ring (bicyclic) bond motifs is 5. The van der Waals surface area contributed by atoms with Gasteiger partial charge in [-0.1, -0.05) is 54.6 Å². The molecule has 0 N–H and O–H groups in total. The number of carbonyl (C=O) groups is 2. The van der Waals surface area contributed by atoms with Crippen molar-refractivity contribution < 1.29 is 9.59 Å². The van der Waals surface area contributed by atoms with Gasteiger partial charge in [-0.25, -0.2) is 0 Å². The Morgan fingerprint density at radius 2 is 1.13 bits per heavy atom. The van der Waals surface area contributed by atoms with Crippen LogP contribution in [0.1, 0.15) is 31.8 Å². The summed E-state index contributed by atoms with van der Waals surface area (Å²) < 4.78 is 0. The Morgan fingerprint density at radius 3 is 1.94 bits per heavy atom. The van der Waals surface area contributed by atoms with Crippen LogP contribution in [0.25, 0.3) is 22.3 Å². The van der Waals surface area contributed by atoms with Gasteiger partial charge in [0.2, 0.25) is 0 Å². The largest absolute Gasteiger partial charge is 0.289 e. The maximum absolute atomic E-state index is 13.6. The molecule has 0 amide bonds. The molecule has 150 valence electrons. The molecular formula is C28H20O2S. The fourth-order valence-electron chi connectivity index (χ4n) is 4.87. The molecule has 6 rings (SSSR count). The van der Waals surface area contributed by atoms with E-state index in [-0.39, 0.29) is 11.6 Å². The third-order valence-electron chi connectivity index (χ3n) is 6.50. The van der Waals surface area contributed by atoms with Crippen molar-refractivity contribution in [1.29, 1.82) is 0 Å². The van der Waals surface area contributed by atoms with E-state index in [2.05, 4.69) is 30.7 Å². The minimum Gasteiger partial charge on any atom is -0.289 e. The van der Waals surface area contributed by atoms with Gasteiger partial charge in [0.1, 0.15) is 0 Å². The topological polar surface area (TPSA) is 34.1 Å². The Kier molecular flexibility index (Phi) is 3.72. The summed E-state index contributed by atoms with van der Waals surface area (Å²) in [5.41, 5.74) is 6.32. The molecule has 0 saturated carbocycles. The molecule has 3 heteroatoms. The summed E-state index contributed by atoms with van der Waals surface area (Å²) in [7, 11) is -1.23. The Hall–Kier alpha value is -3.43. The van der Waals surface area contributed by atoms with Gasteiger partial charge < -0.3 is 0 Å². The third kappa shape index (κ3) is 2.47. The predicted octanol–water partition coefficient (Wildman–Crippen LogP) is 6.59. The second-order valence-corrected chi connectivity index (χ2v) is 12.0. The summed E-state index contributed by atoms with van der Waals surface area (Å²) in [5.74, 6) is -0.125. The van der Waals surface area contributed by atoms with Gasteiger partial charge in [-0.3, -0.25) is 9.59 Å². The first-order valence-corrected chi connectivity index (χ1v) is 12.7. The summed E-state index contributed by atoms with van der Waals surface area (Å²) in [4.78, 5) is 29.5. The van der Waals surface area contributed by atoms with Gasteiger partial charge in [0.25, 0.3) is 0 Å². The summed E-state index contributed by atoms with van der Waals surface area (Å²) in [6.45, 7) is 0. The van der Waals surface area contributed by atoms with Gasteiger partial charge in [0, 0.05) is 32.0 Å². The molecule has 0 fully saturated rings. The number of ketones is 2. The molecule has 0 radical (unpaired) electrons. The van der Waals surface area contributed by atoms with E-state index in [1.54, 1.807) is 6.07 Å². The highest BCUT2D eigenvalue weighted by Gasteiger charge is 2.37. The van der Waals surface area contributed by atoms with Gasteiger partial charge in [-0.2, -0.15) is 10.0 Å². The van der Waals surface area contributed by atoms with Gasteiger partial charge in [-0.15, -0.1) is 0 Å². The molecule has 4 aromatic carbocycles. The molecule has 0 bridgehead atoms. The fourth-order valence-corrected chi connectivity index (χ4v) is 7.39. The molecule has 0 saturated heterocycles. The molecule has 2 aliphatic rings. The van der Waals surface area contributed by atoms with Gasteiger partial charge in [0.15, 0.2) is 11.6 Å². The average Bonchev–Trinajstić information content (AvgIpc) is 3.03. The Labute approximate surface area is 182 Å². The van der Waals surface area contributed by atoms with Crippen molar-refractivity contribution in [3.8, 4) is 22.3 Å². The third-order valence-corrected chi connectivity index (χ3v) is 9.39. The van der Waals surface area contributed by atoms with Crippen LogP contribution in [-0.2, 0) is 0 Å². The lowest BCUT2D eigenvalue weighted by Gasteiger charge is -2.29. The van der Waals surface area contributed by atoms with Crippen LogP contribution in [0.15, 0.2) is 94.7 Å². The number of benzene rings is 4. The van der Waals surface area contributed by atoms with Crippen LogP contribution in [0.2, 0.25) is 0 Å². The van der Waals surface area contributed by atoms with Crippen molar-refractivity contribution in [2.45, 2.75) is 9.79 Å². The Bertz CT molecular complexity index is 1430. The minimum absolute atomic E-state index is 0.0589. The first-order valence-electron chi connectivity index (χ1n) is 10.3. The van der Waals surface area contributed by atoms with E-state index in [4.69, 9.17) is 0 Å². The number of hydrogen-bond acceptors (Lipinski definition) is 2. The first-order chi connectivity index (χ1) is 15.0. The van der Waals surface area contributed by atoms with Crippen LogP contribution in [0.4, 0.5) is 0 Å². The SMILES string of the molecule is CS1(C)c2ccccc2-c2cc3c(cc21)C(=O)c1cc(-c2ccccc2)ccc1C3=O. The molecule has 0 unspecified atom stereocenters. The van der Waals surface area contributed by atoms with Crippen molar-refractivity contribution in [1.82, 2.24) is 0 Å². The summed E-state index contributed by atoms with van der Waals surface area (Å²) >= 11 is 0. The van der Waals surface area contributed by atoms with Gasteiger partial charge in [0.05, 0.1) is 0 Å². The quantitative estimate of drug-likeness (QED) is 0.306. The Morgan fingerprint density at radius 1 is 0.484 bits per heavy atom. The molecule has 4 aromatic rings. The molecule has 1 heterocycles. The zero-order chi connectivity index (χ0) is 21.3. The molecule has 31 heavy (non-hydrogen) atoms. The fraction of sp³-hybridized carbons (Fsp3) is 0.0714. The highest BCUT2D eigenvalue weighted by Crippen LogP contribution is 2.67. The number of rotatable bonds is 1. The van der Waals surface area contributed by atoms with E-state index < -0.39 is 10.0 Å².